The number of carbonyl (C=O) groups is 1. The van der Waals surface area contributed by atoms with Crippen molar-refractivity contribution in [2.75, 3.05) is 48.8 Å². The number of likely N-dealkylation sites (N-methyl/N-ethyl adjacent to an activating group) is 1. The number of aromatic nitrogens is 4. The second kappa shape index (κ2) is 9.94. The Bertz CT molecular complexity index is 1430. The molecule has 5 rings (SSSR count). The van der Waals surface area contributed by atoms with Gasteiger partial charge in [0.25, 0.3) is 0 Å². The lowest BCUT2D eigenvalue weighted by Crippen LogP contribution is -2.44. The number of imidazole rings is 1. The molecule has 0 radical (unpaired) electrons. The monoisotopic (exact) mass is 504 g/mol. The van der Waals surface area contributed by atoms with E-state index in [1.807, 2.05) is 24.3 Å². The van der Waals surface area contributed by atoms with Crippen LogP contribution in [0.4, 0.5) is 31.8 Å². The van der Waals surface area contributed by atoms with E-state index in [1.54, 1.807) is 0 Å². The number of benzene rings is 2. The van der Waals surface area contributed by atoms with E-state index in [2.05, 4.69) is 49.0 Å². The van der Waals surface area contributed by atoms with Crippen molar-refractivity contribution in [2.45, 2.75) is 6.05 Å². The molecule has 37 heavy (non-hydrogen) atoms. The third-order valence-corrected chi connectivity index (χ3v) is 6.25. The van der Waals surface area contributed by atoms with Crippen LogP contribution in [-0.2, 0) is 10.8 Å². The number of fused-ring (bicyclic) bond motifs is 1. The molecule has 9 nitrogen and oxygen atoms in total. The number of halogens is 2. The van der Waals surface area contributed by atoms with Crippen molar-refractivity contribution in [3.63, 3.8) is 0 Å². The second-order valence-electron chi connectivity index (χ2n) is 8.79. The van der Waals surface area contributed by atoms with Crippen LogP contribution in [0.3, 0.4) is 0 Å². The Hall–Kier alpha value is -4.38. The van der Waals surface area contributed by atoms with Gasteiger partial charge in [-0.05, 0) is 49.5 Å². The summed E-state index contributed by atoms with van der Waals surface area (Å²) in [5.74, 6) is -0.321. The van der Waals surface area contributed by atoms with Crippen LogP contribution in [0.1, 0.15) is 5.56 Å². The van der Waals surface area contributed by atoms with Gasteiger partial charge in [0.15, 0.2) is 5.65 Å². The summed E-state index contributed by atoms with van der Waals surface area (Å²) >= 11 is 0. The first-order valence-corrected chi connectivity index (χ1v) is 11.8. The van der Waals surface area contributed by atoms with E-state index in [-0.39, 0.29) is 28.4 Å². The van der Waals surface area contributed by atoms with Crippen molar-refractivity contribution in [1.82, 2.24) is 24.4 Å². The topological polar surface area (TPSA) is 91.2 Å². The quantitative estimate of drug-likeness (QED) is 0.367. The van der Waals surface area contributed by atoms with E-state index in [0.29, 0.717) is 4.57 Å². The third kappa shape index (κ3) is 5.12. The summed E-state index contributed by atoms with van der Waals surface area (Å²) in [7, 11) is 2.11. The van der Waals surface area contributed by atoms with Gasteiger partial charge >= 0.3 is 6.05 Å². The fourth-order valence-corrected chi connectivity index (χ4v) is 4.14. The van der Waals surface area contributed by atoms with Gasteiger partial charge in [-0.3, -0.25) is 4.79 Å². The highest BCUT2D eigenvalue weighted by atomic mass is 19.3. The molecule has 0 unspecified atom stereocenters. The number of rotatable bonds is 7. The first kappa shape index (κ1) is 24.3. The molecule has 1 amide bonds. The highest BCUT2D eigenvalue weighted by Crippen LogP contribution is 2.34. The summed E-state index contributed by atoms with van der Waals surface area (Å²) in [6.07, 6.45) is 3.50. The zero-order valence-electron chi connectivity index (χ0n) is 20.2. The summed E-state index contributed by atoms with van der Waals surface area (Å²) in [6.45, 7) is 7.33. The van der Waals surface area contributed by atoms with Crippen LogP contribution < -0.4 is 15.5 Å². The number of hydrogen-bond acceptors (Lipinski definition) is 7. The van der Waals surface area contributed by atoms with Gasteiger partial charge in [0.2, 0.25) is 11.9 Å². The number of alkyl halides is 2. The molecule has 11 heteroatoms. The molecule has 190 valence electrons. The number of carbonyl (C=O) groups excluding carboxylic acids is 1. The Morgan fingerprint density at radius 2 is 1.81 bits per heavy atom. The minimum atomic E-state index is -3.49. The van der Waals surface area contributed by atoms with Gasteiger partial charge < -0.3 is 20.4 Å². The predicted molar refractivity (Wildman–Crippen MR) is 139 cm³/mol. The minimum Gasteiger partial charge on any atom is -0.369 e. The van der Waals surface area contributed by atoms with Crippen LogP contribution in [0.25, 0.3) is 11.2 Å². The van der Waals surface area contributed by atoms with E-state index in [4.69, 9.17) is 0 Å². The van der Waals surface area contributed by atoms with Crippen molar-refractivity contribution < 1.29 is 13.6 Å². The molecule has 0 aliphatic carbocycles. The standard InChI is InChI=1S/C26H26F2N8O/c1-3-23(37)31-20-6-4-5-18(15-20)26(27,28)36-17-30-22-16-29-25(33-24(22)36)32-19-7-9-21(10-8-19)35-13-11-34(2)12-14-35/h3-10,15-17H,1,11-14H2,2H3,(H,31,37)(H,29,32,33). The van der Waals surface area contributed by atoms with Crippen molar-refractivity contribution >= 4 is 40.1 Å². The average molecular weight is 505 g/mol. The smallest absolute Gasteiger partial charge is 0.358 e. The van der Waals surface area contributed by atoms with Crippen LogP contribution in [0.2, 0.25) is 0 Å². The Labute approximate surface area is 212 Å². The van der Waals surface area contributed by atoms with Gasteiger partial charge in [0, 0.05) is 48.8 Å². The van der Waals surface area contributed by atoms with E-state index in [1.165, 1.54) is 30.5 Å². The molecule has 0 bridgehead atoms. The lowest BCUT2D eigenvalue weighted by Gasteiger charge is -2.34. The molecular formula is C26H26F2N8O. The number of anilines is 4. The van der Waals surface area contributed by atoms with Gasteiger partial charge in [-0.15, -0.1) is 0 Å². The van der Waals surface area contributed by atoms with E-state index in [0.717, 1.165) is 50.0 Å². The van der Waals surface area contributed by atoms with E-state index >= 15 is 8.78 Å². The number of nitrogens with one attached hydrogen (secondary N) is 2. The fraction of sp³-hybridized carbons (Fsp3) is 0.231. The number of piperazine rings is 1. The zero-order valence-corrected chi connectivity index (χ0v) is 20.2. The lowest BCUT2D eigenvalue weighted by molar-refractivity contribution is -0.111. The van der Waals surface area contributed by atoms with Gasteiger partial charge in [0.1, 0.15) is 11.8 Å². The zero-order chi connectivity index (χ0) is 26.0. The maximum absolute atomic E-state index is 15.6. The molecule has 0 saturated carbocycles. The summed E-state index contributed by atoms with van der Waals surface area (Å²) in [5, 5.41) is 5.58. The maximum atomic E-state index is 15.6. The fourth-order valence-electron chi connectivity index (χ4n) is 4.14. The van der Waals surface area contributed by atoms with Crippen molar-refractivity contribution in [1.29, 1.82) is 0 Å². The first-order chi connectivity index (χ1) is 17.8. The molecule has 2 N–H and O–H groups in total. The minimum absolute atomic E-state index is 0.0305. The molecule has 1 aliphatic heterocycles. The molecule has 1 fully saturated rings. The van der Waals surface area contributed by atoms with Gasteiger partial charge in [-0.1, -0.05) is 18.7 Å². The Balaban J connectivity index is 1.38. The SMILES string of the molecule is C=CC(=O)Nc1cccc(C(F)(F)n2cnc3cnc(Nc4ccc(N5CCN(C)CC5)cc4)nc32)c1. The highest BCUT2D eigenvalue weighted by molar-refractivity contribution is 5.98. The normalized spacial score (nSPS) is 14.5. The maximum Gasteiger partial charge on any atom is 0.358 e. The van der Waals surface area contributed by atoms with Crippen LogP contribution in [0.5, 0.6) is 0 Å². The van der Waals surface area contributed by atoms with Crippen molar-refractivity contribution in [3.05, 3.63) is 79.3 Å². The van der Waals surface area contributed by atoms with Crippen molar-refractivity contribution in [3.8, 4) is 0 Å². The molecule has 2 aromatic carbocycles. The molecular weight excluding hydrogens is 478 g/mol. The predicted octanol–water partition coefficient (Wildman–Crippen LogP) is 4.04. The Morgan fingerprint density at radius 3 is 2.54 bits per heavy atom. The summed E-state index contributed by atoms with van der Waals surface area (Å²) < 4.78 is 31.8. The van der Waals surface area contributed by atoms with Crippen molar-refractivity contribution in [2.24, 2.45) is 0 Å². The van der Waals surface area contributed by atoms with Crippen LogP contribution >= 0.6 is 0 Å². The van der Waals surface area contributed by atoms with Crippen LogP contribution in [-0.4, -0.2) is 63.6 Å². The van der Waals surface area contributed by atoms with E-state index < -0.39 is 12.0 Å². The highest BCUT2D eigenvalue weighted by Gasteiger charge is 2.36. The Morgan fingerprint density at radius 1 is 1.05 bits per heavy atom. The molecule has 0 spiro atoms. The van der Waals surface area contributed by atoms with Crippen LogP contribution in [0.15, 0.2) is 73.7 Å². The number of amides is 1. The summed E-state index contributed by atoms with van der Waals surface area (Å²) in [4.78, 5) is 28.8. The summed E-state index contributed by atoms with van der Waals surface area (Å²) in [5.41, 5.74) is 1.95. The molecule has 1 aliphatic rings. The number of hydrogen-bond donors (Lipinski definition) is 2. The Kier molecular flexibility index (Phi) is 6.53. The first-order valence-electron chi connectivity index (χ1n) is 11.8. The molecule has 3 heterocycles. The van der Waals surface area contributed by atoms with Crippen LogP contribution in [0, 0.1) is 0 Å². The molecule has 1 saturated heterocycles. The molecule has 0 atom stereocenters. The lowest BCUT2D eigenvalue weighted by atomic mass is 10.1. The number of nitrogens with zero attached hydrogens (tertiary/aromatic N) is 6. The summed E-state index contributed by atoms with van der Waals surface area (Å²) in [6, 6.07) is 9.81. The molecule has 4 aromatic rings. The molecule has 2 aromatic heterocycles. The van der Waals surface area contributed by atoms with E-state index in [9.17, 15) is 4.79 Å². The van der Waals surface area contributed by atoms with Gasteiger partial charge in [-0.2, -0.15) is 13.8 Å². The van der Waals surface area contributed by atoms with Gasteiger partial charge in [0.05, 0.1) is 6.20 Å². The largest absolute Gasteiger partial charge is 0.369 e. The third-order valence-electron chi connectivity index (χ3n) is 6.25. The van der Waals surface area contributed by atoms with Gasteiger partial charge in [-0.25, -0.2) is 14.5 Å². The second-order valence-corrected chi connectivity index (χ2v) is 8.79. The average Bonchev–Trinajstić information content (AvgIpc) is 3.34.